The lowest BCUT2D eigenvalue weighted by molar-refractivity contribution is 0.304. The topological polar surface area (TPSA) is 18.5 Å². The van der Waals surface area contributed by atoms with Crippen molar-refractivity contribution in [3.8, 4) is 33.8 Å². The van der Waals surface area contributed by atoms with Crippen molar-refractivity contribution in [3.63, 3.8) is 0 Å². The van der Waals surface area contributed by atoms with Crippen molar-refractivity contribution < 1.29 is 9.47 Å². The standard InChI is InChI=1S/C40H56O2/c1-4-7-9-11-13-15-17-19-31-41-38-26-21-35(22-27-38)37-25-30-40(34(6-3)33-37)36-23-28-39(29-24-36)42-32-20-18-16-14-12-10-8-5-2/h6,21-30,33H,3-5,7-20,31-32H2,1-2H3. The third kappa shape index (κ3) is 12.5. The molecule has 2 heteroatoms. The molecule has 42 heavy (non-hydrogen) atoms. The normalized spacial score (nSPS) is 11.0. The summed E-state index contributed by atoms with van der Waals surface area (Å²) in [7, 11) is 0. The van der Waals surface area contributed by atoms with Crippen LogP contribution in [0.3, 0.4) is 0 Å². The van der Waals surface area contributed by atoms with Crippen LogP contribution >= 0.6 is 0 Å². The number of hydrogen-bond acceptors (Lipinski definition) is 2. The van der Waals surface area contributed by atoms with E-state index in [4.69, 9.17) is 9.47 Å². The van der Waals surface area contributed by atoms with E-state index in [9.17, 15) is 0 Å². The highest BCUT2D eigenvalue weighted by Gasteiger charge is 2.07. The maximum atomic E-state index is 6.01. The summed E-state index contributed by atoms with van der Waals surface area (Å²) in [6, 6.07) is 23.6. The molecule has 0 aliphatic carbocycles. The second kappa shape index (κ2) is 20.8. The van der Waals surface area contributed by atoms with E-state index < -0.39 is 0 Å². The van der Waals surface area contributed by atoms with Gasteiger partial charge in [0.15, 0.2) is 0 Å². The fourth-order valence-electron chi connectivity index (χ4n) is 5.50. The van der Waals surface area contributed by atoms with Gasteiger partial charge in [-0.3, -0.25) is 0 Å². The Labute approximate surface area is 257 Å². The molecule has 3 aromatic rings. The number of unbranched alkanes of at least 4 members (excludes halogenated alkanes) is 14. The van der Waals surface area contributed by atoms with Crippen molar-refractivity contribution in [3.05, 3.63) is 78.9 Å². The van der Waals surface area contributed by atoms with Crippen LogP contribution in [0, 0.1) is 0 Å². The van der Waals surface area contributed by atoms with Gasteiger partial charge in [-0.05, 0) is 71.0 Å². The first-order chi connectivity index (χ1) is 20.7. The summed E-state index contributed by atoms with van der Waals surface area (Å²) in [5, 5.41) is 0. The molecule has 0 N–H and O–H groups in total. The van der Waals surface area contributed by atoms with Gasteiger partial charge in [0.1, 0.15) is 11.5 Å². The number of hydrogen-bond donors (Lipinski definition) is 0. The highest BCUT2D eigenvalue weighted by Crippen LogP contribution is 2.31. The molecule has 0 bridgehead atoms. The molecule has 0 radical (unpaired) electrons. The van der Waals surface area contributed by atoms with Gasteiger partial charge in [-0.2, -0.15) is 0 Å². The van der Waals surface area contributed by atoms with Gasteiger partial charge in [0.25, 0.3) is 0 Å². The molecule has 0 unspecified atom stereocenters. The minimum atomic E-state index is 0.796. The molecule has 0 spiro atoms. The summed E-state index contributed by atoms with van der Waals surface area (Å²) in [5.74, 6) is 1.90. The molecule has 0 aliphatic rings. The van der Waals surface area contributed by atoms with Crippen LogP contribution < -0.4 is 9.47 Å². The average Bonchev–Trinajstić information content (AvgIpc) is 3.03. The van der Waals surface area contributed by atoms with Gasteiger partial charge in [-0.15, -0.1) is 0 Å². The van der Waals surface area contributed by atoms with E-state index in [0.717, 1.165) is 43.1 Å². The summed E-state index contributed by atoms with van der Waals surface area (Å²) in [6.07, 6.45) is 23.0. The third-order valence-corrected chi connectivity index (χ3v) is 8.16. The first kappa shape index (κ1) is 33.5. The van der Waals surface area contributed by atoms with Crippen molar-refractivity contribution in [1.82, 2.24) is 0 Å². The van der Waals surface area contributed by atoms with Crippen molar-refractivity contribution in [2.24, 2.45) is 0 Å². The van der Waals surface area contributed by atoms with Crippen LogP contribution in [-0.2, 0) is 0 Å². The Morgan fingerprint density at radius 3 is 1.33 bits per heavy atom. The third-order valence-electron chi connectivity index (χ3n) is 8.16. The van der Waals surface area contributed by atoms with Crippen LogP contribution in [-0.4, -0.2) is 13.2 Å². The Bertz CT molecular complexity index is 1110. The summed E-state index contributed by atoms with van der Waals surface area (Å²) in [4.78, 5) is 0. The zero-order valence-electron chi connectivity index (χ0n) is 26.7. The smallest absolute Gasteiger partial charge is 0.119 e. The maximum absolute atomic E-state index is 6.01. The first-order valence-corrected chi connectivity index (χ1v) is 17.0. The number of benzene rings is 3. The van der Waals surface area contributed by atoms with Gasteiger partial charge in [0.05, 0.1) is 13.2 Å². The molecule has 3 aromatic carbocycles. The summed E-state index contributed by atoms with van der Waals surface area (Å²) < 4.78 is 12.0. The molecular weight excluding hydrogens is 512 g/mol. The van der Waals surface area contributed by atoms with Crippen LogP contribution in [0.4, 0.5) is 0 Å². The van der Waals surface area contributed by atoms with Crippen molar-refractivity contribution in [2.45, 2.75) is 117 Å². The van der Waals surface area contributed by atoms with Gasteiger partial charge in [-0.1, -0.05) is 153 Å². The minimum absolute atomic E-state index is 0.796. The molecule has 0 aromatic heterocycles. The Hall–Kier alpha value is -3.00. The summed E-state index contributed by atoms with van der Waals surface area (Å²) in [6.45, 7) is 10.2. The number of ether oxygens (including phenoxy) is 2. The van der Waals surface area contributed by atoms with Crippen molar-refractivity contribution >= 4 is 6.08 Å². The van der Waals surface area contributed by atoms with E-state index in [-0.39, 0.29) is 0 Å². The highest BCUT2D eigenvalue weighted by atomic mass is 16.5. The average molecular weight is 569 g/mol. The molecular formula is C40H56O2. The Kier molecular flexibility index (Phi) is 16.6. The van der Waals surface area contributed by atoms with Crippen LogP contribution in [0.25, 0.3) is 28.3 Å². The Balaban J connectivity index is 1.43. The maximum Gasteiger partial charge on any atom is 0.119 e. The SMILES string of the molecule is C=Cc1cc(-c2ccc(OCCCCCCCCCC)cc2)ccc1-c1ccc(OCCCCCCCCCC)cc1. The Morgan fingerprint density at radius 1 is 0.476 bits per heavy atom. The van der Waals surface area contributed by atoms with Gasteiger partial charge in [0, 0.05) is 0 Å². The van der Waals surface area contributed by atoms with Gasteiger partial charge in [0.2, 0.25) is 0 Å². The van der Waals surface area contributed by atoms with Gasteiger partial charge >= 0.3 is 0 Å². The van der Waals surface area contributed by atoms with Crippen molar-refractivity contribution in [2.75, 3.05) is 13.2 Å². The van der Waals surface area contributed by atoms with Crippen LogP contribution in [0.1, 0.15) is 122 Å². The second-order valence-electron chi connectivity index (χ2n) is 11.7. The van der Waals surface area contributed by atoms with E-state index in [1.807, 2.05) is 6.08 Å². The second-order valence-corrected chi connectivity index (χ2v) is 11.7. The lowest BCUT2D eigenvalue weighted by Gasteiger charge is -2.12. The minimum Gasteiger partial charge on any atom is -0.494 e. The summed E-state index contributed by atoms with van der Waals surface area (Å²) in [5.41, 5.74) is 5.88. The molecule has 2 nitrogen and oxygen atoms in total. The fraction of sp³-hybridized carbons (Fsp3) is 0.500. The lowest BCUT2D eigenvalue weighted by atomic mass is 9.95. The lowest BCUT2D eigenvalue weighted by Crippen LogP contribution is -1.97. The zero-order chi connectivity index (χ0) is 29.7. The van der Waals surface area contributed by atoms with E-state index in [0.29, 0.717) is 0 Å². The predicted octanol–water partition coefficient (Wildman–Crippen LogP) is 12.7. The van der Waals surface area contributed by atoms with Crippen molar-refractivity contribution in [1.29, 1.82) is 0 Å². The van der Waals surface area contributed by atoms with Gasteiger partial charge in [-0.25, -0.2) is 0 Å². The fourth-order valence-corrected chi connectivity index (χ4v) is 5.50. The van der Waals surface area contributed by atoms with E-state index in [2.05, 4.69) is 87.2 Å². The van der Waals surface area contributed by atoms with E-state index in [1.165, 1.54) is 112 Å². The molecule has 228 valence electrons. The molecule has 3 rings (SSSR count). The van der Waals surface area contributed by atoms with Crippen LogP contribution in [0.2, 0.25) is 0 Å². The van der Waals surface area contributed by atoms with Crippen LogP contribution in [0.5, 0.6) is 11.5 Å². The molecule has 0 aliphatic heterocycles. The zero-order valence-corrected chi connectivity index (χ0v) is 26.7. The predicted molar refractivity (Wildman–Crippen MR) is 184 cm³/mol. The molecule has 0 atom stereocenters. The van der Waals surface area contributed by atoms with Crippen LogP contribution in [0.15, 0.2) is 73.3 Å². The van der Waals surface area contributed by atoms with Gasteiger partial charge < -0.3 is 9.47 Å². The quantitative estimate of drug-likeness (QED) is 0.106. The first-order valence-electron chi connectivity index (χ1n) is 17.0. The summed E-state index contributed by atoms with van der Waals surface area (Å²) >= 11 is 0. The number of rotatable bonds is 23. The molecule has 0 fully saturated rings. The highest BCUT2D eigenvalue weighted by molar-refractivity contribution is 5.79. The molecule has 0 heterocycles. The molecule has 0 saturated carbocycles. The molecule has 0 saturated heterocycles. The van der Waals surface area contributed by atoms with E-state index in [1.54, 1.807) is 0 Å². The monoisotopic (exact) mass is 568 g/mol. The largest absolute Gasteiger partial charge is 0.494 e. The Morgan fingerprint density at radius 2 is 0.881 bits per heavy atom. The van der Waals surface area contributed by atoms with E-state index >= 15 is 0 Å². The molecule has 0 amide bonds.